The normalized spacial score (nSPS) is 17.7. The molecule has 24 heavy (non-hydrogen) atoms. The number of amides is 2. The predicted molar refractivity (Wildman–Crippen MR) is 92.9 cm³/mol. The second-order valence-corrected chi connectivity index (χ2v) is 6.81. The molecule has 0 saturated carbocycles. The van der Waals surface area contributed by atoms with Crippen molar-refractivity contribution in [1.82, 2.24) is 10.2 Å². The Morgan fingerprint density at radius 3 is 2.83 bits per heavy atom. The molecule has 4 nitrogen and oxygen atoms in total. The molecule has 1 fully saturated rings. The summed E-state index contributed by atoms with van der Waals surface area (Å²) < 4.78 is 13.8. The van der Waals surface area contributed by atoms with Gasteiger partial charge < -0.3 is 10.2 Å². The van der Waals surface area contributed by atoms with Gasteiger partial charge in [-0.2, -0.15) is 0 Å². The summed E-state index contributed by atoms with van der Waals surface area (Å²) in [6.45, 7) is 0.537. The van der Waals surface area contributed by atoms with Gasteiger partial charge in [0.15, 0.2) is 0 Å². The first kappa shape index (κ1) is 16.4. The summed E-state index contributed by atoms with van der Waals surface area (Å²) in [5.74, 6) is -0.455. The zero-order valence-corrected chi connectivity index (χ0v) is 14.0. The van der Waals surface area contributed by atoms with E-state index in [9.17, 15) is 14.0 Å². The minimum atomic E-state index is -0.261. The third-order valence-corrected chi connectivity index (χ3v) is 4.94. The van der Waals surface area contributed by atoms with E-state index in [0.29, 0.717) is 18.5 Å². The lowest BCUT2D eigenvalue weighted by Crippen LogP contribution is -2.35. The quantitative estimate of drug-likeness (QED) is 0.867. The van der Waals surface area contributed by atoms with Gasteiger partial charge in [0.2, 0.25) is 11.8 Å². The van der Waals surface area contributed by atoms with Gasteiger partial charge in [-0.25, -0.2) is 4.39 Å². The van der Waals surface area contributed by atoms with E-state index in [1.54, 1.807) is 36.2 Å². The van der Waals surface area contributed by atoms with Crippen molar-refractivity contribution in [3.8, 4) is 10.4 Å². The summed E-state index contributed by atoms with van der Waals surface area (Å²) in [5.41, 5.74) is 0.555. The molecule has 1 aromatic carbocycles. The maximum absolute atomic E-state index is 13.8. The number of rotatable bonds is 4. The summed E-state index contributed by atoms with van der Waals surface area (Å²) in [7, 11) is 1.72. The fraction of sp³-hybridized carbons (Fsp3) is 0.222. The van der Waals surface area contributed by atoms with E-state index >= 15 is 0 Å². The molecule has 1 aliphatic heterocycles. The van der Waals surface area contributed by atoms with Crippen molar-refractivity contribution < 1.29 is 14.0 Å². The van der Waals surface area contributed by atoms with Gasteiger partial charge in [-0.3, -0.25) is 9.59 Å². The van der Waals surface area contributed by atoms with Gasteiger partial charge in [-0.05, 0) is 24.3 Å². The number of nitrogens with zero attached hydrogens (tertiary/aromatic N) is 1. The van der Waals surface area contributed by atoms with Crippen LogP contribution in [0.4, 0.5) is 4.39 Å². The molecule has 1 atom stereocenters. The molecule has 6 heteroatoms. The Bertz CT molecular complexity index is 800. The Morgan fingerprint density at radius 2 is 2.12 bits per heavy atom. The number of benzene rings is 1. The van der Waals surface area contributed by atoms with Crippen LogP contribution < -0.4 is 5.32 Å². The second kappa shape index (κ2) is 6.97. The van der Waals surface area contributed by atoms with Crippen LogP contribution in [0.15, 0.2) is 42.5 Å². The fourth-order valence-corrected chi connectivity index (χ4v) is 3.55. The van der Waals surface area contributed by atoms with Gasteiger partial charge >= 0.3 is 0 Å². The van der Waals surface area contributed by atoms with Crippen molar-refractivity contribution in [3.63, 3.8) is 0 Å². The summed E-state index contributed by atoms with van der Waals surface area (Å²) in [6, 6.07) is 10.2. The number of carbonyl (C=O) groups excluding carboxylic acids is 2. The molecule has 2 heterocycles. The molecular weight excluding hydrogens is 327 g/mol. The van der Waals surface area contributed by atoms with Crippen molar-refractivity contribution in [2.45, 2.75) is 12.5 Å². The molecule has 0 bridgehead atoms. The Balaban J connectivity index is 1.62. The SMILES string of the molecule is CN1CC(NC(=O)C=Cc2ccc(-c3ccccc3F)s2)CC1=O. The molecule has 0 radical (unpaired) electrons. The smallest absolute Gasteiger partial charge is 0.244 e. The standard InChI is InChI=1S/C18H17FN2O2S/c1-21-11-12(10-18(21)23)20-17(22)9-7-13-6-8-16(24-13)14-4-2-3-5-15(14)19/h2-9,12H,10-11H2,1H3,(H,20,22). The van der Waals surface area contributed by atoms with Crippen molar-refractivity contribution in [1.29, 1.82) is 0 Å². The Kier molecular flexibility index (Phi) is 4.76. The first-order valence-corrected chi connectivity index (χ1v) is 8.42. The molecule has 1 unspecified atom stereocenters. The van der Waals surface area contributed by atoms with Gasteiger partial charge in [0.1, 0.15) is 5.82 Å². The number of likely N-dealkylation sites (N-methyl/N-ethyl adjacent to an activating group) is 1. The molecule has 124 valence electrons. The zero-order valence-electron chi connectivity index (χ0n) is 13.2. The molecule has 1 aromatic heterocycles. The van der Waals surface area contributed by atoms with E-state index in [1.807, 2.05) is 12.1 Å². The maximum atomic E-state index is 13.8. The number of nitrogens with one attached hydrogen (secondary N) is 1. The lowest BCUT2D eigenvalue weighted by molar-refractivity contribution is -0.126. The summed E-state index contributed by atoms with van der Waals surface area (Å²) in [5, 5.41) is 2.81. The van der Waals surface area contributed by atoms with Crippen LogP contribution in [0.25, 0.3) is 16.5 Å². The van der Waals surface area contributed by atoms with E-state index < -0.39 is 0 Å². The molecule has 1 aliphatic rings. The number of halogens is 1. The van der Waals surface area contributed by atoms with Crippen molar-refractivity contribution >= 4 is 29.2 Å². The first-order chi connectivity index (χ1) is 11.5. The highest BCUT2D eigenvalue weighted by atomic mass is 32.1. The van der Waals surface area contributed by atoms with Crippen molar-refractivity contribution in [2.75, 3.05) is 13.6 Å². The van der Waals surface area contributed by atoms with Gasteiger partial charge in [0, 0.05) is 41.4 Å². The third kappa shape index (κ3) is 3.71. The molecular formula is C18H17FN2O2S. The monoisotopic (exact) mass is 344 g/mol. The van der Waals surface area contributed by atoms with Gasteiger partial charge in [0.25, 0.3) is 0 Å². The number of hydrogen-bond donors (Lipinski definition) is 1. The van der Waals surface area contributed by atoms with Crippen LogP contribution in [-0.2, 0) is 9.59 Å². The molecule has 2 amide bonds. The molecule has 0 spiro atoms. The van der Waals surface area contributed by atoms with Crippen LogP contribution in [-0.4, -0.2) is 36.3 Å². The highest BCUT2D eigenvalue weighted by Crippen LogP contribution is 2.30. The van der Waals surface area contributed by atoms with E-state index in [2.05, 4.69) is 5.32 Å². The molecule has 1 saturated heterocycles. The highest BCUT2D eigenvalue weighted by Gasteiger charge is 2.27. The van der Waals surface area contributed by atoms with Crippen LogP contribution in [0, 0.1) is 5.82 Å². The van der Waals surface area contributed by atoms with E-state index in [0.717, 1.165) is 9.75 Å². The van der Waals surface area contributed by atoms with Gasteiger partial charge in [-0.1, -0.05) is 18.2 Å². The van der Waals surface area contributed by atoms with Crippen LogP contribution in [0.1, 0.15) is 11.3 Å². The van der Waals surface area contributed by atoms with E-state index in [4.69, 9.17) is 0 Å². The van der Waals surface area contributed by atoms with Crippen LogP contribution in [0.2, 0.25) is 0 Å². The molecule has 3 rings (SSSR count). The fourth-order valence-electron chi connectivity index (χ4n) is 2.62. The second-order valence-electron chi connectivity index (χ2n) is 5.70. The molecule has 2 aromatic rings. The Labute approximate surface area is 143 Å². The summed E-state index contributed by atoms with van der Waals surface area (Å²) in [4.78, 5) is 26.7. The van der Waals surface area contributed by atoms with E-state index in [-0.39, 0.29) is 23.7 Å². The van der Waals surface area contributed by atoms with Crippen LogP contribution in [0.5, 0.6) is 0 Å². The third-order valence-electron chi connectivity index (χ3n) is 3.85. The lowest BCUT2D eigenvalue weighted by atomic mass is 10.2. The van der Waals surface area contributed by atoms with Crippen molar-refractivity contribution in [3.05, 3.63) is 53.2 Å². The van der Waals surface area contributed by atoms with Crippen molar-refractivity contribution in [2.24, 2.45) is 0 Å². The minimum absolute atomic E-state index is 0.0389. The average molecular weight is 344 g/mol. The Hall–Kier alpha value is -2.47. The topological polar surface area (TPSA) is 49.4 Å². The van der Waals surface area contributed by atoms with Crippen LogP contribution >= 0.6 is 11.3 Å². The summed E-state index contributed by atoms with van der Waals surface area (Å²) >= 11 is 1.42. The molecule has 1 N–H and O–H groups in total. The predicted octanol–water partition coefficient (Wildman–Crippen LogP) is 2.91. The largest absolute Gasteiger partial charge is 0.348 e. The molecule has 0 aliphatic carbocycles. The maximum Gasteiger partial charge on any atom is 0.244 e. The zero-order chi connectivity index (χ0) is 17.1. The van der Waals surface area contributed by atoms with Crippen LogP contribution in [0.3, 0.4) is 0 Å². The number of likely N-dealkylation sites (tertiary alicyclic amines) is 1. The van der Waals surface area contributed by atoms with Gasteiger partial charge in [-0.15, -0.1) is 11.3 Å². The average Bonchev–Trinajstić information content (AvgIpc) is 3.13. The summed E-state index contributed by atoms with van der Waals surface area (Å²) in [6.07, 6.45) is 3.48. The number of thiophene rings is 1. The first-order valence-electron chi connectivity index (χ1n) is 7.60. The lowest BCUT2D eigenvalue weighted by Gasteiger charge is -2.10. The number of hydrogen-bond acceptors (Lipinski definition) is 3. The number of carbonyl (C=O) groups is 2. The Morgan fingerprint density at radius 1 is 1.33 bits per heavy atom. The highest BCUT2D eigenvalue weighted by molar-refractivity contribution is 7.16. The van der Waals surface area contributed by atoms with E-state index in [1.165, 1.54) is 23.5 Å². The minimum Gasteiger partial charge on any atom is -0.348 e. The van der Waals surface area contributed by atoms with Gasteiger partial charge in [0.05, 0.1) is 6.04 Å².